The highest BCUT2D eigenvalue weighted by molar-refractivity contribution is 7.80. The van der Waals surface area contributed by atoms with Gasteiger partial charge in [0.2, 0.25) is 5.91 Å². The van der Waals surface area contributed by atoms with E-state index in [-0.39, 0.29) is 5.91 Å². The van der Waals surface area contributed by atoms with Gasteiger partial charge >= 0.3 is 6.03 Å². The van der Waals surface area contributed by atoms with Crippen molar-refractivity contribution in [1.82, 2.24) is 10.2 Å². The van der Waals surface area contributed by atoms with Gasteiger partial charge in [-0.2, -0.15) is 12.6 Å². The van der Waals surface area contributed by atoms with E-state index in [0.29, 0.717) is 18.0 Å². The Bertz CT molecular complexity index is 612. The molecule has 0 heterocycles. The number of rotatable bonds is 6. The van der Waals surface area contributed by atoms with Crippen molar-refractivity contribution in [3.63, 3.8) is 0 Å². The second-order valence-corrected chi connectivity index (χ2v) is 7.73. The van der Waals surface area contributed by atoms with Gasteiger partial charge in [-0.1, -0.05) is 32.9 Å². The van der Waals surface area contributed by atoms with E-state index in [0.717, 1.165) is 11.3 Å². The number of hydrogen-bond donors (Lipinski definition) is 4. The fraction of sp³-hybridized carbons (Fsp3) is 0.556. The van der Waals surface area contributed by atoms with E-state index in [4.69, 9.17) is 0 Å². The molecule has 0 unspecified atom stereocenters. The van der Waals surface area contributed by atoms with Gasteiger partial charge in [0.25, 0.3) is 0 Å². The first-order valence-electron chi connectivity index (χ1n) is 8.31. The van der Waals surface area contributed by atoms with Crippen molar-refractivity contribution in [2.75, 3.05) is 37.0 Å². The van der Waals surface area contributed by atoms with Gasteiger partial charge in [-0.25, -0.2) is 4.79 Å². The van der Waals surface area contributed by atoms with Gasteiger partial charge in [-0.15, -0.1) is 0 Å². The second-order valence-electron chi connectivity index (χ2n) is 7.28. The number of likely N-dealkylation sites (N-methyl/N-ethyl adjacent to an activating group) is 1. The molecule has 0 bridgehead atoms. The van der Waals surface area contributed by atoms with E-state index in [9.17, 15) is 9.59 Å². The Kier molecular flexibility index (Phi) is 7.60. The van der Waals surface area contributed by atoms with E-state index in [1.165, 1.54) is 4.90 Å². The van der Waals surface area contributed by atoms with Gasteiger partial charge in [0.1, 0.15) is 6.04 Å². The summed E-state index contributed by atoms with van der Waals surface area (Å²) in [7, 11) is 3.36. The maximum atomic E-state index is 12.5. The fourth-order valence-electron chi connectivity index (χ4n) is 2.38. The molecule has 6 nitrogen and oxygen atoms in total. The molecule has 25 heavy (non-hydrogen) atoms. The summed E-state index contributed by atoms with van der Waals surface area (Å²) >= 11 is 4.20. The first-order chi connectivity index (χ1) is 11.6. The van der Waals surface area contributed by atoms with Crippen molar-refractivity contribution in [3.8, 4) is 0 Å². The van der Waals surface area contributed by atoms with Crippen molar-refractivity contribution in [1.29, 1.82) is 0 Å². The monoisotopic (exact) mass is 366 g/mol. The molecule has 7 heteroatoms. The van der Waals surface area contributed by atoms with Gasteiger partial charge in [0.05, 0.1) is 11.4 Å². The molecule has 0 aliphatic carbocycles. The number of carbonyl (C=O) groups is 2. The van der Waals surface area contributed by atoms with Crippen LogP contribution in [0.2, 0.25) is 0 Å². The Morgan fingerprint density at radius 1 is 1.24 bits per heavy atom. The third-order valence-electron chi connectivity index (χ3n) is 3.76. The summed E-state index contributed by atoms with van der Waals surface area (Å²) in [5.74, 6) is 0.545. The molecule has 0 saturated heterocycles. The first-order valence-corrected chi connectivity index (χ1v) is 8.94. The number of nitrogens with one attached hydrogen (secondary N) is 3. The molecule has 0 saturated carbocycles. The van der Waals surface area contributed by atoms with Crippen LogP contribution >= 0.6 is 12.6 Å². The zero-order valence-corrected chi connectivity index (χ0v) is 16.8. The van der Waals surface area contributed by atoms with Gasteiger partial charge in [-0.3, -0.25) is 4.79 Å². The molecule has 3 amide bonds. The van der Waals surface area contributed by atoms with Crippen LogP contribution in [0.15, 0.2) is 18.2 Å². The average Bonchev–Trinajstić information content (AvgIpc) is 2.50. The number of nitrogens with zero attached hydrogens (tertiary/aromatic N) is 1. The number of aryl methyl sites for hydroxylation is 1. The molecule has 0 radical (unpaired) electrons. The van der Waals surface area contributed by atoms with Crippen LogP contribution in [0.1, 0.15) is 26.3 Å². The molecular weight excluding hydrogens is 336 g/mol. The van der Waals surface area contributed by atoms with Gasteiger partial charge < -0.3 is 20.9 Å². The number of anilines is 2. The fourth-order valence-corrected chi connectivity index (χ4v) is 2.50. The maximum absolute atomic E-state index is 12.5. The Labute approximate surface area is 156 Å². The van der Waals surface area contributed by atoms with Gasteiger partial charge in [-0.05, 0) is 24.0 Å². The number of urea groups is 1. The number of thiol groups is 1. The lowest BCUT2D eigenvalue weighted by molar-refractivity contribution is -0.133. The third kappa shape index (κ3) is 6.16. The Hall–Kier alpha value is -1.89. The molecule has 0 aliphatic rings. The normalized spacial score (nSPS) is 12.3. The molecule has 3 N–H and O–H groups in total. The number of hydrogen-bond acceptors (Lipinski definition) is 4. The molecule has 0 aliphatic heterocycles. The lowest BCUT2D eigenvalue weighted by atomic mass is 9.86. The number of carbonyl (C=O) groups excluding carboxylic acids is 2. The Morgan fingerprint density at radius 3 is 2.40 bits per heavy atom. The van der Waals surface area contributed by atoms with Crippen LogP contribution in [0, 0.1) is 12.3 Å². The summed E-state index contributed by atoms with van der Waals surface area (Å²) in [6.45, 7) is 8.43. The third-order valence-corrected chi connectivity index (χ3v) is 3.99. The van der Waals surface area contributed by atoms with Crippen molar-refractivity contribution in [2.45, 2.75) is 33.7 Å². The molecule has 1 aromatic rings. The van der Waals surface area contributed by atoms with E-state index in [1.54, 1.807) is 14.1 Å². The zero-order valence-electron chi connectivity index (χ0n) is 15.9. The van der Waals surface area contributed by atoms with E-state index < -0.39 is 17.5 Å². The van der Waals surface area contributed by atoms with E-state index in [1.807, 2.05) is 45.9 Å². The topological polar surface area (TPSA) is 73.5 Å². The van der Waals surface area contributed by atoms with E-state index in [2.05, 4.69) is 28.6 Å². The molecule has 1 rings (SSSR count). The minimum atomic E-state index is -0.624. The summed E-state index contributed by atoms with van der Waals surface area (Å²) in [6.07, 6.45) is 0. The number of para-hydroxylation sites is 1. The summed E-state index contributed by atoms with van der Waals surface area (Å²) in [4.78, 5) is 26.4. The second kappa shape index (κ2) is 8.99. The molecule has 1 aromatic carbocycles. The SMILES string of the molecule is Cc1cccc(NC(=O)N[C@H](C(=O)N(C)C)C(C)(C)C)c1NCCS. The highest BCUT2D eigenvalue weighted by atomic mass is 32.1. The first kappa shape index (κ1) is 21.2. The van der Waals surface area contributed by atoms with Crippen LogP contribution in [-0.2, 0) is 4.79 Å². The lowest BCUT2D eigenvalue weighted by Crippen LogP contribution is -2.54. The smallest absolute Gasteiger partial charge is 0.319 e. The van der Waals surface area contributed by atoms with Crippen LogP contribution in [0.4, 0.5) is 16.2 Å². The maximum Gasteiger partial charge on any atom is 0.319 e. The molecule has 0 fully saturated rings. The molecule has 140 valence electrons. The van der Waals surface area contributed by atoms with Crippen LogP contribution in [0.3, 0.4) is 0 Å². The lowest BCUT2D eigenvalue weighted by Gasteiger charge is -2.32. The van der Waals surface area contributed by atoms with Crippen LogP contribution in [0.5, 0.6) is 0 Å². The van der Waals surface area contributed by atoms with Crippen LogP contribution in [0.25, 0.3) is 0 Å². The van der Waals surface area contributed by atoms with Crippen molar-refractivity contribution < 1.29 is 9.59 Å². The quantitative estimate of drug-likeness (QED) is 0.585. The number of amides is 3. The predicted octanol–water partition coefficient (Wildman–Crippen LogP) is 2.96. The largest absolute Gasteiger partial charge is 0.382 e. The Balaban J connectivity index is 2.95. The van der Waals surface area contributed by atoms with Crippen LogP contribution < -0.4 is 16.0 Å². The molecule has 1 atom stereocenters. The average molecular weight is 367 g/mol. The van der Waals surface area contributed by atoms with Crippen molar-refractivity contribution >= 4 is 35.9 Å². The van der Waals surface area contributed by atoms with Crippen molar-refractivity contribution in [2.24, 2.45) is 5.41 Å². The summed E-state index contributed by atoms with van der Waals surface area (Å²) in [5, 5.41) is 8.92. The van der Waals surface area contributed by atoms with Gasteiger partial charge in [0.15, 0.2) is 0 Å². The highest BCUT2D eigenvalue weighted by Gasteiger charge is 2.33. The van der Waals surface area contributed by atoms with Gasteiger partial charge in [0, 0.05) is 26.4 Å². The van der Waals surface area contributed by atoms with Crippen LogP contribution in [-0.4, -0.2) is 49.3 Å². The molecule has 0 spiro atoms. The number of benzene rings is 1. The minimum absolute atomic E-state index is 0.139. The zero-order chi connectivity index (χ0) is 19.2. The molecular formula is C18H30N4O2S. The molecule has 0 aromatic heterocycles. The summed E-state index contributed by atoms with van der Waals surface area (Å²) in [6, 6.07) is 4.64. The standard InChI is InChI=1S/C18H30N4O2S/c1-12-8-7-9-13(14(12)19-10-11-25)20-17(24)21-15(18(2,3)4)16(23)22(5)6/h7-9,15,19,25H,10-11H2,1-6H3,(H2,20,21,24)/t15-/m1/s1. The summed E-state index contributed by atoms with van der Waals surface area (Å²) in [5.41, 5.74) is 2.15. The van der Waals surface area contributed by atoms with Crippen molar-refractivity contribution in [3.05, 3.63) is 23.8 Å². The highest BCUT2D eigenvalue weighted by Crippen LogP contribution is 2.26. The predicted molar refractivity (Wildman–Crippen MR) is 108 cm³/mol. The Morgan fingerprint density at radius 2 is 1.88 bits per heavy atom. The van der Waals surface area contributed by atoms with E-state index >= 15 is 0 Å². The summed E-state index contributed by atoms with van der Waals surface area (Å²) < 4.78 is 0. The minimum Gasteiger partial charge on any atom is -0.382 e.